The number of amides is 1. The number of rotatable bonds is 8. The molecule has 0 bridgehead atoms. The van der Waals surface area contributed by atoms with Gasteiger partial charge in [0.05, 0.1) is 4.88 Å². The lowest BCUT2D eigenvalue weighted by Gasteiger charge is -2.10. The number of hydrogen-bond acceptors (Lipinski definition) is 5. The Hall–Kier alpha value is -2.47. The molecule has 0 aliphatic heterocycles. The maximum atomic E-state index is 12.1. The van der Waals surface area contributed by atoms with Gasteiger partial charge in [0.25, 0.3) is 0 Å². The molecule has 0 aliphatic carbocycles. The Labute approximate surface area is 157 Å². The Bertz CT molecular complexity index is 825. The first kappa shape index (κ1) is 18.3. The molecule has 0 saturated carbocycles. The molecule has 0 fully saturated rings. The van der Waals surface area contributed by atoms with Crippen LogP contribution in [0.3, 0.4) is 0 Å². The van der Waals surface area contributed by atoms with Gasteiger partial charge in [0, 0.05) is 18.5 Å². The average Bonchev–Trinajstić information content (AvgIpc) is 3.33. The molecule has 6 heteroatoms. The third kappa shape index (κ3) is 4.79. The maximum Gasteiger partial charge on any atom is 0.226 e. The van der Waals surface area contributed by atoms with Gasteiger partial charge in [-0.25, -0.2) is 0 Å². The van der Waals surface area contributed by atoms with E-state index >= 15 is 0 Å². The van der Waals surface area contributed by atoms with E-state index in [-0.39, 0.29) is 5.91 Å². The average molecular weight is 369 g/mol. The molecule has 0 saturated heterocycles. The van der Waals surface area contributed by atoms with E-state index in [9.17, 15) is 4.79 Å². The summed E-state index contributed by atoms with van der Waals surface area (Å²) in [6.45, 7) is 4.38. The SMILES string of the molecule is CCC(C)c1ccc(NC(=O)CCCc2nc(-c3cccs3)no2)cc1. The van der Waals surface area contributed by atoms with Gasteiger partial charge in [-0.05, 0) is 47.9 Å². The fourth-order valence-corrected chi connectivity index (χ4v) is 3.27. The number of carbonyl (C=O) groups is 1. The number of thiophene rings is 1. The Balaban J connectivity index is 1.44. The molecule has 26 heavy (non-hydrogen) atoms. The number of nitrogens with one attached hydrogen (secondary N) is 1. The zero-order valence-corrected chi connectivity index (χ0v) is 15.9. The highest BCUT2D eigenvalue weighted by molar-refractivity contribution is 7.13. The molecule has 2 aromatic heterocycles. The van der Waals surface area contributed by atoms with Gasteiger partial charge in [-0.2, -0.15) is 4.98 Å². The van der Waals surface area contributed by atoms with Crippen molar-refractivity contribution in [2.45, 2.75) is 45.4 Å². The second kappa shape index (κ2) is 8.76. The Kier molecular flexibility index (Phi) is 6.17. The van der Waals surface area contributed by atoms with Gasteiger partial charge in [0.15, 0.2) is 0 Å². The van der Waals surface area contributed by atoms with Crippen molar-refractivity contribution in [2.24, 2.45) is 0 Å². The van der Waals surface area contributed by atoms with Crippen molar-refractivity contribution in [3.63, 3.8) is 0 Å². The van der Waals surface area contributed by atoms with Crippen molar-refractivity contribution in [1.82, 2.24) is 10.1 Å². The molecule has 0 spiro atoms. The van der Waals surface area contributed by atoms with Crippen molar-refractivity contribution >= 4 is 22.9 Å². The summed E-state index contributed by atoms with van der Waals surface area (Å²) >= 11 is 1.57. The largest absolute Gasteiger partial charge is 0.339 e. The van der Waals surface area contributed by atoms with E-state index < -0.39 is 0 Å². The van der Waals surface area contributed by atoms with Crippen LogP contribution in [0.4, 0.5) is 5.69 Å². The van der Waals surface area contributed by atoms with Crippen molar-refractivity contribution in [2.75, 3.05) is 5.32 Å². The van der Waals surface area contributed by atoms with E-state index in [4.69, 9.17) is 4.52 Å². The monoisotopic (exact) mass is 369 g/mol. The number of nitrogens with zero attached hydrogens (tertiary/aromatic N) is 2. The van der Waals surface area contributed by atoms with E-state index in [0.717, 1.165) is 17.0 Å². The van der Waals surface area contributed by atoms with Gasteiger partial charge in [0.2, 0.25) is 17.6 Å². The van der Waals surface area contributed by atoms with Crippen molar-refractivity contribution in [3.05, 3.63) is 53.2 Å². The van der Waals surface area contributed by atoms with Gasteiger partial charge >= 0.3 is 0 Å². The highest BCUT2D eigenvalue weighted by Crippen LogP contribution is 2.22. The Morgan fingerprint density at radius 2 is 2.08 bits per heavy atom. The molecule has 3 rings (SSSR count). The zero-order chi connectivity index (χ0) is 18.4. The quantitative estimate of drug-likeness (QED) is 0.587. The fraction of sp³-hybridized carbons (Fsp3) is 0.350. The molecule has 1 unspecified atom stereocenters. The summed E-state index contributed by atoms with van der Waals surface area (Å²) in [6.07, 6.45) is 2.79. The number of benzene rings is 1. The number of carbonyl (C=O) groups excluding carboxylic acids is 1. The Morgan fingerprint density at radius 1 is 1.27 bits per heavy atom. The summed E-state index contributed by atoms with van der Waals surface area (Å²) < 4.78 is 5.25. The number of aromatic nitrogens is 2. The predicted octanol–water partition coefficient (Wildman–Crippen LogP) is 5.27. The first-order valence-corrected chi connectivity index (χ1v) is 9.80. The maximum absolute atomic E-state index is 12.1. The van der Waals surface area contributed by atoms with Crippen molar-refractivity contribution < 1.29 is 9.32 Å². The minimum absolute atomic E-state index is 0.000662. The Morgan fingerprint density at radius 3 is 2.77 bits per heavy atom. The molecule has 2 heterocycles. The highest BCUT2D eigenvalue weighted by Gasteiger charge is 2.10. The van der Waals surface area contributed by atoms with E-state index in [1.807, 2.05) is 29.6 Å². The summed E-state index contributed by atoms with van der Waals surface area (Å²) in [5, 5.41) is 8.89. The van der Waals surface area contributed by atoms with Crippen LogP contribution < -0.4 is 5.32 Å². The van der Waals surface area contributed by atoms with Crippen LogP contribution in [0.5, 0.6) is 0 Å². The lowest BCUT2D eigenvalue weighted by molar-refractivity contribution is -0.116. The summed E-state index contributed by atoms with van der Waals surface area (Å²) in [6, 6.07) is 12.0. The van der Waals surface area contributed by atoms with Crippen LogP contribution in [0.2, 0.25) is 0 Å². The minimum atomic E-state index is -0.000662. The lowest BCUT2D eigenvalue weighted by atomic mass is 9.99. The normalized spacial score (nSPS) is 12.1. The molecule has 0 aliphatic rings. The molecule has 3 aromatic rings. The van der Waals surface area contributed by atoms with Gasteiger partial charge in [-0.15, -0.1) is 11.3 Å². The summed E-state index contributed by atoms with van der Waals surface area (Å²) in [5.41, 5.74) is 2.13. The molecule has 0 radical (unpaired) electrons. The third-order valence-electron chi connectivity index (χ3n) is 4.38. The van der Waals surface area contributed by atoms with Gasteiger partial charge in [-0.3, -0.25) is 4.79 Å². The predicted molar refractivity (Wildman–Crippen MR) is 104 cm³/mol. The fourth-order valence-electron chi connectivity index (χ4n) is 2.62. The van der Waals surface area contributed by atoms with Crippen LogP contribution in [-0.4, -0.2) is 16.0 Å². The second-order valence-electron chi connectivity index (χ2n) is 6.32. The molecular formula is C20H23N3O2S. The van der Waals surface area contributed by atoms with Crippen LogP contribution in [0, 0.1) is 0 Å². The van der Waals surface area contributed by atoms with E-state index in [1.165, 1.54) is 5.56 Å². The van der Waals surface area contributed by atoms with Crippen LogP contribution in [0.1, 0.15) is 50.5 Å². The van der Waals surface area contributed by atoms with Gasteiger partial charge in [0.1, 0.15) is 0 Å². The second-order valence-corrected chi connectivity index (χ2v) is 7.27. The van der Waals surface area contributed by atoms with Crippen LogP contribution in [0.15, 0.2) is 46.3 Å². The van der Waals surface area contributed by atoms with E-state index in [2.05, 4.69) is 41.4 Å². The first-order chi connectivity index (χ1) is 12.7. The number of anilines is 1. The molecule has 136 valence electrons. The van der Waals surface area contributed by atoms with Crippen LogP contribution in [-0.2, 0) is 11.2 Å². The van der Waals surface area contributed by atoms with Gasteiger partial charge in [-0.1, -0.05) is 37.2 Å². The smallest absolute Gasteiger partial charge is 0.226 e. The number of aryl methyl sites for hydroxylation is 1. The minimum Gasteiger partial charge on any atom is -0.339 e. The van der Waals surface area contributed by atoms with E-state index in [1.54, 1.807) is 11.3 Å². The summed E-state index contributed by atoms with van der Waals surface area (Å²) in [5.74, 6) is 1.72. The van der Waals surface area contributed by atoms with Crippen molar-refractivity contribution in [1.29, 1.82) is 0 Å². The van der Waals surface area contributed by atoms with Crippen LogP contribution >= 0.6 is 11.3 Å². The highest BCUT2D eigenvalue weighted by atomic mass is 32.1. The first-order valence-electron chi connectivity index (χ1n) is 8.92. The summed E-state index contributed by atoms with van der Waals surface area (Å²) in [7, 11) is 0. The van der Waals surface area contributed by atoms with Crippen molar-refractivity contribution in [3.8, 4) is 10.7 Å². The molecular weight excluding hydrogens is 346 g/mol. The molecule has 1 atom stereocenters. The van der Waals surface area contributed by atoms with Gasteiger partial charge < -0.3 is 9.84 Å². The van der Waals surface area contributed by atoms with Crippen LogP contribution in [0.25, 0.3) is 10.7 Å². The standard InChI is InChI=1S/C20H23N3O2S/c1-3-14(2)15-9-11-16(12-10-15)21-18(24)7-4-8-19-22-20(23-25-19)17-6-5-13-26-17/h5-6,9-14H,3-4,7-8H2,1-2H3,(H,21,24). The lowest BCUT2D eigenvalue weighted by Crippen LogP contribution is -2.11. The molecule has 1 N–H and O–H groups in total. The summed E-state index contributed by atoms with van der Waals surface area (Å²) in [4.78, 5) is 17.4. The van der Waals surface area contributed by atoms with E-state index in [0.29, 0.717) is 36.9 Å². The molecule has 1 aromatic carbocycles. The molecule has 1 amide bonds. The number of hydrogen-bond donors (Lipinski definition) is 1. The molecule has 5 nitrogen and oxygen atoms in total. The topological polar surface area (TPSA) is 68.0 Å². The third-order valence-corrected chi connectivity index (χ3v) is 5.25. The zero-order valence-electron chi connectivity index (χ0n) is 15.1.